The molecule has 21 heavy (non-hydrogen) atoms. The minimum absolute atomic E-state index is 0.265. The zero-order valence-corrected chi connectivity index (χ0v) is 13.0. The minimum Gasteiger partial charge on any atom is -0.379 e. The molecule has 1 N–H and O–H groups in total. The van der Waals surface area contributed by atoms with E-state index in [9.17, 15) is 13.2 Å². The van der Waals surface area contributed by atoms with Crippen molar-refractivity contribution in [2.45, 2.75) is 19.8 Å². The number of benzene rings is 1. The molecule has 0 radical (unpaired) electrons. The van der Waals surface area contributed by atoms with Crippen molar-refractivity contribution in [3.05, 3.63) is 35.4 Å². The molecule has 116 valence electrons. The molecule has 0 aliphatic carbocycles. The number of hydrogen-bond donors (Lipinski definition) is 1. The average Bonchev–Trinajstić information content (AvgIpc) is 2.47. The van der Waals surface area contributed by atoms with Gasteiger partial charge in [0.15, 0.2) is 0 Å². The van der Waals surface area contributed by atoms with Gasteiger partial charge in [-0.25, -0.2) is 4.72 Å². The molecule has 0 aromatic heterocycles. The number of morpholine rings is 1. The molecule has 1 unspecified atom stereocenters. The van der Waals surface area contributed by atoms with E-state index in [0.717, 1.165) is 11.1 Å². The molecule has 1 aliphatic heterocycles. The standard InChI is InChI=1S/C14H20N2O4S/c1-11-5-3-4-6-13(11)12(2)14(17)15-21(18,19)16-7-9-20-10-8-16/h3-6,12H,7-10H2,1-2H3,(H,15,17). The molecule has 0 spiro atoms. The summed E-state index contributed by atoms with van der Waals surface area (Å²) in [4.78, 5) is 12.2. The van der Waals surface area contributed by atoms with E-state index >= 15 is 0 Å². The van der Waals surface area contributed by atoms with Crippen LogP contribution in [0.1, 0.15) is 24.0 Å². The number of ether oxygens (including phenoxy) is 1. The lowest BCUT2D eigenvalue weighted by Crippen LogP contribution is -2.49. The highest BCUT2D eigenvalue weighted by atomic mass is 32.2. The number of carbonyl (C=O) groups is 1. The second-order valence-electron chi connectivity index (χ2n) is 5.06. The van der Waals surface area contributed by atoms with E-state index in [-0.39, 0.29) is 13.1 Å². The van der Waals surface area contributed by atoms with Crippen molar-refractivity contribution in [1.29, 1.82) is 0 Å². The first-order valence-corrected chi connectivity index (χ1v) is 8.31. The molecular formula is C14H20N2O4S. The quantitative estimate of drug-likeness (QED) is 0.892. The van der Waals surface area contributed by atoms with Crippen LogP contribution in [0.2, 0.25) is 0 Å². The number of nitrogens with one attached hydrogen (secondary N) is 1. The van der Waals surface area contributed by atoms with Gasteiger partial charge in [-0.3, -0.25) is 4.79 Å². The van der Waals surface area contributed by atoms with Crippen LogP contribution >= 0.6 is 0 Å². The summed E-state index contributed by atoms with van der Waals surface area (Å²) in [6.45, 7) is 4.83. The fourth-order valence-corrected chi connectivity index (χ4v) is 3.47. The third-order valence-electron chi connectivity index (χ3n) is 3.59. The zero-order valence-electron chi connectivity index (χ0n) is 12.2. The maximum Gasteiger partial charge on any atom is 0.303 e. The zero-order chi connectivity index (χ0) is 15.5. The van der Waals surface area contributed by atoms with Crippen LogP contribution in [-0.4, -0.2) is 44.9 Å². The van der Waals surface area contributed by atoms with Gasteiger partial charge in [0.05, 0.1) is 19.1 Å². The van der Waals surface area contributed by atoms with Crippen LogP contribution in [0.3, 0.4) is 0 Å². The topological polar surface area (TPSA) is 75.7 Å². The monoisotopic (exact) mass is 312 g/mol. The Bertz CT molecular complexity index is 609. The lowest BCUT2D eigenvalue weighted by molar-refractivity contribution is -0.120. The molecule has 0 saturated carbocycles. The first-order valence-electron chi connectivity index (χ1n) is 6.87. The van der Waals surface area contributed by atoms with Gasteiger partial charge in [-0.2, -0.15) is 12.7 Å². The Hall–Kier alpha value is -1.44. The molecule has 0 bridgehead atoms. The average molecular weight is 312 g/mol. The molecule has 2 rings (SSSR count). The molecule has 1 aromatic rings. The van der Waals surface area contributed by atoms with Crippen LogP contribution in [0, 0.1) is 6.92 Å². The molecule has 6 nitrogen and oxygen atoms in total. The second kappa shape index (κ2) is 6.55. The highest BCUT2D eigenvalue weighted by Crippen LogP contribution is 2.19. The van der Waals surface area contributed by atoms with Gasteiger partial charge < -0.3 is 4.74 Å². The van der Waals surface area contributed by atoms with Crippen molar-refractivity contribution in [1.82, 2.24) is 9.03 Å². The fourth-order valence-electron chi connectivity index (χ4n) is 2.28. The molecule has 1 saturated heterocycles. The predicted molar refractivity (Wildman–Crippen MR) is 79.0 cm³/mol. The van der Waals surface area contributed by atoms with Gasteiger partial charge in [0.2, 0.25) is 5.91 Å². The van der Waals surface area contributed by atoms with Crippen LogP contribution in [-0.2, 0) is 19.7 Å². The van der Waals surface area contributed by atoms with Gasteiger partial charge in [-0.15, -0.1) is 0 Å². The lowest BCUT2D eigenvalue weighted by atomic mass is 9.96. The van der Waals surface area contributed by atoms with E-state index in [1.807, 2.05) is 31.2 Å². The summed E-state index contributed by atoms with van der Waals surface area (Å²) in [6, 6.07) is 7.45. The molecule has 1 heterocycles. The van der Waals surface area contributed by atoms with Crippen LogP contribution in [0.25, 0.3) is 0 Å². The van der Waals surface area contributed by atoms with Crippen molar-refractivity contribution < 1.29 is 17.9 Å². The van der Waals surface area contributed by atoms with Crippen molar-refractivity contribution in [2.24, 2.45) is 0 Å². The number of amides is 1. The van der Waals surface area contributed by atoms with Crippen LogP contribution < -0.4 is 4.72 Å². The fraction of sp³-hybridized carbons (Fsp3) is 0.500. The predicted octanol–water partition coefficient (Wildman–Crippen LogP) is 0.792. The van der Waals surface area contributed by atoms with E-state index in [0.29, 0.717) is 13.2 Å². The Balaban J connectivity index is 2.08. The summed E-state index contributed by atoms with van der Waals surface area (Å²) in [6.07, 6.45) is 0. The van der Waals surface area contributed by atoms with Crippen molar-refractivity contribution in [2.75, 3.05) is 26.3 Å². The van der Waals surface area contributed by atoms with Gasteiger partial charge in [0.1, 0.15) is 0 Å². The van der Waals surface area contributed by atoms with Crippen LogP contribution in [0.5, 0.6) is 0 Å². The van der Waals surface area contributed by atoms with Gasteiger partial charge in [0.25, 0.3) is 0 Å². The largest absolute Gasteiger partial charge is 0.379 e. The summed E-state index contributed by atoms with van der Waals surface area (Å²) in [5.41, 5.74) is 1.79. The number of aryl methyl sites for hydroxylation is 1. The number of hydrogen-bond acceptors (Lipinski definition) is 4. The molecule has 1 amide bonds. The maximum atomic E-state index is 12.2. The SMILES string of the molecule is Cc1ccccc1C(C)C(=O)NS(=O)(=O)N1CCOCC1. The summed E-state index contributed by atoms with van der Waals surface area (Å²) in [5.74, 6) is -1.04. The summed E-state index contributed by atoms with van der Waals surface area (Å²) >= 11 is 0. The molecule has 1 atom stereocenters. The Morgan fingerprint density at radius 1 is 1.29 bits per heavy atom. The van der Waals surface area contributed by atoms with Crippen molar-refractivity contribution in [3.8, 4) is 0 Å². The van der Waals surface area contributed by atoms with Gasteiger partial charge >= 0.3 is 10.2 Å². The van der Waals surface area contributed by atoms with E-state index in [1.165, 1.54) is 4.31 Å². The summed E-state index contributed by atoms with van der Waals surface area (Å²) < 4.78 is 32.8. The smallest absolute Gasteiger partial charge is 0.303 e. The normalized spacial score (nSPS) is 18.2. The Morgan fingerprint density at radius 3 is 2.52 bits per heavy atom. The first kappa shape index (κ1) is 15.9. The molecule has 1 aliphatic rings. The second-order valence-corrected chi connectivity index (χ2v) is 6.73. The van der Waals surface area contributed by atoms with Gasteiger partial charge in [-0.1, -0.05) is 24.3 Å². The third kappa shape index (κ3) is 3.81. The maximum absolute atomic E-state index is 12.2. The number of rotatable bonds is 4. The molecule has 1 aromatic carbocycles. The van der Waals surface area contributed by atoms with E-state index < -0.39 is 22.0 Å². The lowest BCUT2D eigenvalue weighted by Gasteiger charge is -2.26. The highest BCUT2D eigenvalue weighted by molar-refractivity contribution is 7.87. The van der Waals surface area contributed by atoms with Crippen LogP contribution in [0.15, 0.2) is 24.3 Å². The Kier molecular flexibility index (Phi) is 4.97. The molecular weight excluding hydrogens is 292 g/mol. The van der Waals surface area contributed by atoms with E-state index in [1.54, 1.807) is 6.92 Å². The van der Waals surface area contributed by atoms with Gasteiger partial charge in [0, 0.05) is 13.1 Å². The van der Waals surface area contributed by atoms with Crippen molar-refractivity contribution in [3.63, 3.8) is 0 Å². The van der Waals surface area contributed by atoms with Crippen LogP contribution in [0.4, 0.5) is 0 Å². The highest BCUT2D eigenvalue weighted by Gasteiger charge is 2.28. The first-order chi connectivity index (χ1) is 9.92. The van der Waals surface area contributed by atoms with Crippen molar-refractivity contribution >= 4 is 16.1 Å². The van der Waals surface area contributed by atoms with Gasteiger partial charge in [-0.05, 0) is 25.0 Å². The minimum atomic E-state index is -3.79. The third-order valence-corrected chi connectivity index (χ3v) is 5.09. The van der Waals surface area contributed by atoms with E-state index in [2.05, 4.69) is 4.72 Å². The summed E-state index contributed by atoms with van der Waals surface area (Å²) in [7, 11) is -3.79. The number of nitrogens with zero attached hydrogens (tertiary/aromatic N) is 1. The number of carbonyl (C=O) groups excluding carboxylic acids is 1. The van der Waals surface area contributed by atoms with E-state index in [4.69, 9.17) is 4.74 Å². The molecule has 1 fully saturated rings. The Labute approximate surface area is 125 Å². The molecule has 7 heteroatoms. The Morgan fingerprint density at radius 2 is 1.90 bits per heavy atom. The summed E-state index contributed by atoms with van der Waals surface area (Å²) in [5, 5.41) is 0.